The molecule has 0 bridgehead atoms. The van der Waals surface area contributed by atoms with Crippen LogP contribution in [0.1, 0.15) is 24.8 Å². The van der Waals surface area contributed by atoms with Gasteiger partial charge in [-0.2, -0.15) is 0 Å². The molecule has 1 aromatic rings. The average Bonchev–Trinajstić information content (AvgIpc) is 2.34. The molecule has 0 aromatic heterocycles. The molecule has 1 aliphatic carbocycles. The van der Waals surface area contributed by atoms with Crippen molar-refractivity contribution in [3.63, 3.8) is 0 Å². The average molecular weight is 249 g/mol. The van der Waals surface area contributed by atoms with Crippen LogP contribution in [0.4, 0.5) is 4.39 Å². The minimum atomic E-state index is -0.174. The molecule has 0 spiro atoms. The van der Waals surface area contributed by atoms with E-state index in [0.29, 0.717) is 0 Å². The fourth-order valence-corrected chi connectivity index (χ4v) is 2.51. The standard InChI is InChI=1S/C14H20FN3/c1-16-13(17-2)18-10-14(8-3-9-14)11-4-6-12(15)7-5-11/h4-7H,3,8-10H2,1-2H3,(H2,16,17,18). The summed E-state index contributed by atoms with van der Waals surface area (Å²) >= 11 is 0. The third kappa shape index (κ3) is 2.47. The molecule has 1 aromatic carbocycles. The summed E-state index contributed by atoms with van der Waals surface area (Å²) in [5.74, 6) is 0.621. The lowest BCUT2D eigenvalue weighted by Gasteiger charge is -2.43. The lowest BCUT2D eigenvalue weighted by Crippen LogP contribution is -2.48. The Morgan fingerprint density at radius 1 is 1.33 bits per heavy atom. The predicted octanol–water partition coefficient (Wildman–Crippen LogP) is 2.04. The molecule has 98 valence electrons. The Morgan fingerprint density at radius 3 is 2.44 bits per heavy atom. The fourth-order valence-electron chi connectivity index (χ4n) is 2.51. The summed E-state index contributed by atoms with van der Waals surface area (Å²) in [7, 11) is 3.60. The van der Waals surface area contributed by atoms with Crippen LogP contribution in [-0.2, 0) is 5.41 Å². The van der Waals surface area contributed by atoms with Crippen LogP contribution in [-0.4, -0.2) is 26.6 Å². The Kier molecular flexibility index (Phi) is 3.84. The Balaban J connectivity index is 2.09. The van der Waals surface area contributed by atoms with Gasteiger partial charge in [0.05, 0.1) is 0 Å². The van der Waals surface area contributed by atoms with Gasteiger partial charge < -0.3 is 10.6 Å². The molecular formula is C14H20FN3. The zero-order chi connectivity index (χ0) is 13.0. The molecular weight excluding hydrogens is 229 g/mol. The van der Waals surface area contributed by atoms with Gasteiger partial charge in [0.2, 0.25) is 0 Å². The largest absolute Gasteiger partial charge is 0.359 e. The minimum absolute atomic E-state index is 0.139. The van der Waals surface area contributed by atoms with Gasteiger partial charge in [-0.1, -0.05) is 18.6 Å². The molecule has 0 heterocycles. The first-order valence-electron chi connectivity index (χ1n) is 6.35. The predicted molar refractivity (Wildman–Crippen MR) is 72.4 cm³/mol. The summed E-state index contributed by atoms with van der Waals surface area (Å²) in [5.41, 5.74) is 1.36. The van der Waals surface area contributed by atoms with Crippen LogP contribution in [0.3, 0.4) is 0 Å². The molecule has 0 saturated heterocycles. The monoisotopic (exact) mass is 249 g/mol. The summed E-state index contributed by atoms with van der Waals surface area (Å²) in [6.07, 6.45) is 3.52. The number of guanidine groups is 1. The summed E-state index contributed by atoms with van der Waals surface area (Å²) in [6, 6.07) is 6.89. The number of halogens is 1. The van der Waals surface area contributed by atoms with Gasteiger partial charge in [-0.15, -0.1) is 0 Å². The molecule has 0 radical (unpaired) electrons. The second-order valence-corrected chi connectivity index (χ2v) is 4.82. The molecule has 2 N–H and O–H groups in total. The van der Waals surface area contributed by atoms with Crippen molar-refractivity contribution >= 4 is 5.96 Å². The van der Waals surface area contributed by atoms with Gasteiger partial charge in [0.25, 0.3) is 0 Å². The van der Waals surface area contributed by atoms with Gasteiger partial charge in [0, 0.05) is 26.1 Å². The molecule has 0 aliphatic heterocycles. The molecule has 3 nitrogen and oxygen atoms in total. The van der Waals surface area contributed by atoms with Crippen molar-refractivity contribution in [2.24, 2.45) is 4.99 Å². The minimum Gasteiger partial charge on any atom is -0.359 e. The van der Waals surface area contributed by atoms with Gasteiger partial charge in [0.15, 0.2) is 5.96 Å². The van der Waals surface area contributed by atoms with Gasteiger partial charge in [-0.05, 0) is 30.5 Å². The fraction of sp³-hybridized carbons (Fsp3) is 0.500. The zero-order valence-electron chi connectivity index (χ0n) is 11.0. The smallest absolute Gasteiger partial charge is 0.190 e. The molecule has 1 saturated carbocycles. The van der Waals surface area contributed by atoms with E-state index in [2.05, 4.69) is 15.6 Å². The third-order valence-corrected chi connectivity index (χ3v) is 3.82. The molecule has 0 unspecified atom stereocenters. The molecule has 18 heavy (non-hydrogen) atoms. The highest BCUT2D eigenvalue weighted by atomic mass is 19.1. The lowest BCUT2D eigenvalue weighted by atomic mass is 9.64. The van der Waals surface area contributed by atoms with E-state index in [-0.39, 0.29) is 11.2 Å². The summed E-state index contributed by atoms with van der Waals surface area (Å²) in [5, 5.41) is 6.33. The summed E-state index contributed by atoms with van der Waals surface area (Å²) in [4.78, 5) is 4.11. The number of hydrogen-bond acceptors (Lipinski definition) is 1. The zero-order valence-corrected chi connectivity index (χ0v) is 11.0. The van der Waals surface area contributed by atoms with Crippen LogP contribution in [0.5, 0.6) is 0 Å². The number of hydrogen-bond donors (Lipinski definition) is 2. The quantitative estimate of drug-likeness (QED) is 0.635. The maximum Gasteiger partial charge on any atom is 0.190 e. The van der Waals surface area contributed by atoms with E-state index in [9.17, 15) is 4.39 Å². The van der Waals surface area contributed by atoms with Crippen molar-refractivity contribution in [3.05, 3.63) is 35.6 Å². The van der Waals surface area contributed by atoms with Gasteiger partial charge in [0.1, 0.15) is 5.82 Å². The lowest BCUT2D eigenvalue weighted by molar-refractivity contribution is 0.243. The molecule has 2 rings (SSSR count). The number of aliphatic imine (C=N–C) groups is 1. The van der Waals surface area contributed by atoms with Crippen molar-refractivity contribution in [1.82, 2.24) is 10.6 Å². The van der Waals surface area contributed by atoms with Crippen LogP contribution in [0.15, 0.2) is 29.3 Å². The molecule has 0 amide bonds. The van der Waals surface area contributed by atoms with Crippen LogP contribution >= 0.6 is 0 Å². The molecule has 0 atom stereocenters. The molecule has 1 fully saturated rings. The van der Waals surface area contributed by atoms with E-state index in [0.717, 1.165) is 25.3 Å². The number of nitrogens with one attached hydrogen (secondary N) is 2. The van der Waals surface area contributed by atoms with Crippen LogP contribution in [0, 0.1) is 5.82 Å². The SMILES string of the molecule is CN=C(NC)NCC1(c2ccc(F)cc2)CCC1. The number of nitrogens with zero attached hydrogens (tertiary/aromatic N) is 1. The van der Waals surface area contributed by atoms with Crippen molar-refractivity contribution in [2.45, 2.75) is 24.7 Å². The van der Waals surface area contributed by atoms with Crippen molar-refractivity contribution in [3.8, 4) is 0 Å². The van der Waals surface area contributed by atoms with Crippen molar-refractivity contribution < 1.29 is 4.39 Å². The Hall–Kier alpha value is -1.58. The van der Waals surface area contributed by atoms with E-state index in [1.165, 1.54) is 12.0 Å². The van der Waals surface area contributed by atoms with E-state index < -0.39 is 0 Å². The van der Waals surface area contributed by atoms with Crippen molar-refractivity contribution in [2.75, 3.05) is 20.6 Å². The Labute approximate surface area is 108 Å². The first kappa shape index (κ1) is 12.9. The van der Waals surface area contributed by atoms with Crippen molar-refractivity contribution in [1.29, 1.82) is 0 Å². The third-order valence-electron chi connectivity index (χ3n) is 3.82. The first-order chi connectivity index (χ1) is 8.70. The highest BCUT2D eigenvalue weighted by Gasteiger charge is 2.38. The molecule has 4 heteroatoms. The Morgan fingerprint density at radius 2 is 2.00 bits per heavy atom. The van der Waals surface area contributed by atoms with Gasteiger partial charge in [-0.3, -0.25) is 4.99 Å². The molecule has 1 aliphatic rings. The normalized spacial score (nSPS) is 18.1. The van der Waals surface area contributed by atoms with Gasteiger partial charge in [-0.25, -0.2) is 4.39 Å². The highest BCUT2D eigenvalue weighted by Crippen LogP contribution is 2.43. The van der Waals surface area contributed by atoms with Crippen LogP contribution < -0.4 is 10.6 Å². The maximum absolute atomic E-state index is 13.0. The van der Waals surface area contributed by atoms with E-state index in [1.54, 1.807) is 19.2 Å². The first-order valence-corrected chi connectivity index (χ1v) is 6.35. The summed E-state index contributed by atoms with van der Waals surface area (Å²) < 4.78 is 13.0. The van der Waals surface area contributed by atoms with Gasteiger partial charge >= 0.3 is 0 Å². The van der Waals surface area contributed by atoms with E-state index in [4.69, 9.17) is 0 Å². The van der Waals surface area contributed by atoms with Crippen LogP contribution in [0.2, 0.25) is 0 Å². The number of rotatable bonds is 3. The topological polar surface area (TPSA) is 36.4 Å². The van der Waals surface area contributed by atoms with E-state index in [1.807, 2.05) is 19.2 Å². The second kappa shape index (κ2) is 5.38. The number of benzene rings is 1. The Bertz CT molecular complexity index is 421. The van der Waals surface area contributed by atoms with E-state index >= 15 is 0 Å². The summed E-state index contributed by atoms with van der Waals surface area (Å²) in [6.45, 7) is 0.839. The van der Waals surface area contributed by atoms with Crippen LogP contribution in [0.25, 0.3) is 0 Å². The second-order valence-electron chi connectivity index (χ2n) is 4.82. The maximum atomic E-state index is 13.0. The highest BCUT2D eigenvalue weighted by molar-refractivity contribution is 5.79.